The molecule has 0 saturated heterocycles. The van der Waals surface area contributed by atoms with Crippen molar-refractivity contribution in [2.24, 2.45) is 0 Å². The Morgan fingerprint density at radius 1 is 1.15 bits per heavy atom. The first kappa shape index (κ1) is 12.3. The Balaban J connectivity index is 1.94. The average molecular weight is 268 g/mol. The van der Waals surface area contributed by atoms with E-state index in [0.717, 1.165) is 11.4 Å². The van der Waals surface area contributed by atoms with Crippen LogP contribution in [0.5, 0.6) is 5.75 Å². The highest BCUT2D eigenvalue weighted by Gasteiger charge is 2.17. The van der Waals surface area contributed by atoms with Crippen LogP contribution < -0.4 is 4.74 Å². The lowest BCUT2D eigenvalue weighted by Gasteiger charge is -1.99. The van der Waals surface area contributed by atoms with Crippen molar-refractivity contribution in [2.75, 3.05) is 0 Å². The van der Waals surface area contributed by atoms with Crippen LogP contribution in [-0.4, -0.2) is 25.6 Å². The highest BCUT2D eigenvalue weighted by molar-refractivity contribution is 5.87. The highest BCUT2D eigenvalue weighted by atomic mass is 16.5. The number of para-hydroxylation sites is 1. The molecule has 0 saturated carbocycles. The molecule has 0 atom stereocenters. The standard InChI is InChI=1S/C14H12N4O2/c1-9-8-10(2)18-14(15-9)16-12(17-18)13(19)20-11-6-4-3-5-7-11/h3-8H,1-2H3. The summed E-state index contributed by atoms with van der Waals surface area (Å²) < 4.78 is 6.72. The van der Waals surface area contributed by atoms with Crippen molar-refractivity contribution in [2.45, 2.75) is 13.8 Å². The van der Waals surface area contributed by atoms with Gasteiger partial charge in [0.15, 0.2) is 0 Å². The van der Waals surface area contributed by atoms with Crippen LogP contribution in [0.15, 0.2) is 36.4 Å². The van der Waals surface area contributed by atoms with E-state index < -0.39 is 5.97 Å². The summed E-state index contributed by atoms with van der Waals surface area (Å²) in [6, 6.07) is 10.7. The zero-order valence-electron chi connectivity index (χ0n) is 11.1. The third-order valence-electron chi connectivity index (χ3n) is 2.75. The fraction of sp³-hybridized carbons (Fsp3) is 0.143. The van der Waals surface area contributed by atoms with E-state index in [1.165, 1.54) is 4.52 Å². The van der Waals surface area contributed by atoms with Crippen molar-refractivity contribution in [3.8, 4) is 5.75 Å². The molecule has 0 N–H and O–H groups in total. The molecule has 3 rings (SSSR count). The SMILES string of the molecule is Cc1cc(C)n2nc(C(=O)Oc3ccccc3)nc2n1. The van der Waals surface area contributed by atoms with Gasteiger partial charge in [0.1, 0.15) is 5.75 Å². The molecule has 0 radical (unpaired) electrons. The molecule has 0 amide bonds. The number of fused-ring (bicyclic) bond motifs is 1. The molecule has 0 unspecified atom stereocenters. The summed E-state index contributed by atoms with van der Waals surface area (Å²) in [7, 11) is 0. The molecule has 0 aliphatic carbocycles. The van der Waals surface area contributed by atoms with Gasteiger partial charge in [0.25, 0.3) is 11.6 Å². The second kappa shape index (κ2) is 4.73. The molecule has 0 bridgehead atoms. The Morgan fingerprint density at radius 3 is 2.65 bits per heavy atom. The van der Waals surface area contributed by atoms with E-state index in [2.05, 4.69) is 15.1 Å². The van der Waals surface area contributed by atoms with E-state index in [9.17, 15) is 4.79 Å². The summed E-state index contributed by atoms with van der Waals surface area (Å²) in [6.45, 7) is 3.74. The number of ether oxygens (including phenoxy) is 1. The van der Waals surface area contributed by atoms with Crippen molar-refractivity contribution in [3.63, 3.8) is 0 Å². The maximum Gasteiger partial charge on any atom is 0.383 e. The fourth-order valence-corrected chi connectivity index (χ4v) is 1.89. The number of aryl methyl sites for hydroxylation is 2. The summed E-state index contributed by atoms with van der Waals surface area (Å²) in [5, 5.41) is 4.12. The second-order valence-electron chi connectivity index (χ2n) is 4.39. The maximum atomic E-state index is 12.0. The monoisotopic (exact) mass is 268 g/mol. The molecule has 2 heterocycles. The predicted octanol–water partition coefficient (Wildman–Crippen LogP) is 1.96. The van der Waals surface area contributed by atoms with Crippen LogP contribution in [-0.2, 0) is 0 Å². The molecule has 20 heavy (non-hydrogen) atoms. The summed E-state index contributed by atoms with van der Waals surface area (Å²) in [4.78, 5) is 20.3. The van der Waals surface area contributed by atoms with Crippen molar-refractivity contribution in [1.82, 2.24) is 19.6 Å². The van der Waals surface area contributed by atoms with Gasteiger partial charge in [-0.15, -0.1) is 5.10 Å². The summed E-state index contributed by atoms with van der Waals surface area (Å²) in [5.74, 6) is 0.244. The van der Waals surface area contributed by atoms with E-state index >= 15 is 0 Å². The highest BCUT2D eigenvalue weighted by Crippen LogP contribution is 2.11. The van der Waals surface area contributed by atoms with Crippen molar-refractivity contribution < 1.29 is 9.53 Å². The molecule has 100 valence electrons. The number of rotatable bonds is 2. The van der Waals surface area contributed by atoms with Gasteiger partial charge in [-0.3, -0.25) is 0 Å². The van der Waals surface area contributed by atoms with E-state index in [4.69, 9.17) is 4.74 Å². The molecule has 6 nitrogen and oxygen atoms in total. The lowest BCUT2D eigenvalue weighted by molar-refractivity contribution is 0.0722. The number of esters is 1. The van der Waals surface area contributed by atoms with Gasteiger partial charge < -0.3 is 4.74 Å². The third-order valence-corrected chi connectivity index (χ3v) is 2.75. The second-order valence-corrected chi connectivity index (χ2v) is 4.39. The predicted molar refractivity (Wildman–Crippen MR) is 71.7 cm³/mol. The molecular formula is C14H12N4O2. The van der Waals surface area contributed by atoms with E-state index in [1.807, 2.05) is 26.0 Å². The van der Waals surface area contributed by atoms with Crippen LogP contribution in [0.1, 0.15) is 22.0 Å². The summed E-state index contributed by atoms with van der Waals surface area (Å²) in [5.41, 5.74) is 1.68. The topological polar surface area (TPSA) is 69.4 Å². The maximum absolute atomic E-state index is 12.0. The van der Waals surface area contributed by atoms with Gasteiger partial charge in [0, 0.05) is 11.4 Å². The van der Waals surface area contributed by atoms with Crippen LogP contribution >= 0.6 is 0 Å². The summed E-state index contributed by atoms with van der Waals surface area (Å²) in [6.07, 6.45) is 0. The molecule has 0 spiro atoms. The van der Waals surface area contributed by atoms with Crippen LogP contribution in [0.3, 0.4) is 0 Å². The number of aromatic nitrogens is 4. The fourth-order valence-electron chi connectivity index (χ4n) is 1.89. The van der Waals surface area contributed by atoms with Gasteiger partial charge in [-0.2, -0.15) is 4.98 Å². The number of carbonyl (C=O) groups is 1. The molecule has 2 aromatic heterocycles. The minimum absolute atomic E-state index is 0.00458. The minimum atomic E-state index is -0.598. The first-order valence-corrected chi connectivity index (χ1v) is 6.12. The molecule has 0 aliphatic heterocycles. The zero-order chi connectivity index (χ0) is 14.1. The first-order valence-electron chi connectivity index (χ1n) is 6.12. The number of hydrogen-bond acceptors (Lipinski definition) is 5. The van der Waals surface area contributed by atoms with E-state index in [0.29, 0.717) is 11.5 Å². The van der Waals surface area contributed by atoms with Gasteiger partial charge in [0.2, 0.25) is 0 Å². The molecular weight excluding hydrogens is 256 g/mol. The van der Waals surface area contributed by atoms with Gasteiger partial charge >= 0.3 is 5.97 Å². The normalized spacial score (nSPS) is 10.7. The molecule has 0 fully saturated rings. The quantitative estimate of drug-likeness (QED) is 0.525. The van der Waals surface area contributed by atoms with Crippen molar-refractivity contribution in [3.05, 3.63) is 53.6 Å². The Morgan fingerprint density at radius 2 is 1.90 bits per heavy atom. The van der Waals surface area contributed by atoms with Gasteiger partial charge in [-0.1, -0.05) is 18.2 Å². The first-order chi connectivity index (χ1) is 9.63. The smallest absolute Gasteiger partial charge is 0.383 e. The lowest BCUT2D eigenvalue weighted by atomic mass is 10.3. The minimum Gasteiger partial charge on any atom is -0.421 e. The van der Waals surface area contributed by atoms with Crippen molar-refractivity contribution in [1.29, 1.82) is 0 Å². The number of nitrogens with zero attached hydrogens (tertiary/aromatic N) is 4. The third kappa shape index (κ3) is 2.23. The summed E-state index contributed by atoms with van der Waals surface area (Å²) >= 11 is 0. The number of carbonyl (C=O) groups excluding carboxylic acids is 1. The van der Waals surface area contributed by atoms with Crippen LogP contribution in [0.25, 0.3) is 5.78 Å². The Kier molecular flexibility index (Phi) is 2.90. The zero-order valence-corrected chi connectivity index (χ0v) is 11.1. The van der Waals surface area contributed by atoms with E-state index in [1.54, 1.807) is 24.3 Å². The van der Waals surface area contributed by atoms with Gasteiger partial charge in [-0.05, 0) is 32.0 Å². The largest absolute Gasteiger partial charge is 0.421 e. The van der Waals surface area contributed by atoms with Gasteiger partial charge in [-0.25, -0.2) is 14.3 Å². The van der Waals surface area contributed by atoms with Crippen LogP contribution in [0.2, 0.25) is 0 Å². The van der Waals surface area contributed by atoms with Crippen LogP contribution in [0.4, 0.5) is 0 Å². The van der Waals surface area contributed by atoms with Crippen molar-refractivity contribution >= 4 is 11.7 Å². The van der Waals surface area contributed by atoms with Crippen LogP contribution in [0, 0.1) is 13.8 Å². The van der Waals surface area contributed by atoms with E-state index in [-0.39, 0.29) is 5.82 Å². The number of hydrogen-bond donors (Lipinski definition) is 0. The average Bonchev–Trinajstić information content (AvgIpc) is 2.84. The molecule has 3 aromatic rings. The molecule has 6 heteroatoms. The Labute approximate surface area is 115 Å². The van der Waals surface area contributed by atoms with Gasteiger partial charge in [0.05, 0.1) is 0 Å². The molecule has 0 aliphatic rings. The Hall–Kier alpha value is -2.76. The lowest BCUT2D eigenvalue weighted by Crippen LogP contribution is -2.10. The molecule has 1 aromatic carbocycles. The number of benzene rings is 1. The Bertz CT molecular complexity index is 780.